The van der Waals surface area contributed by atoms with Crippen molar-refractivity contribution in [2.24, 2.45) is 0 Å². The highest BCUT2D eigenvalue weighted by molar-refractivity contribution is 5.52. The van der Waals surface area contributed by atoms with E-state index in [2.05, 4.69) is 4.98 Å². The molecular formula is C16H11F6NO. The number of halogens is 6. The molecule has 0 amide bonds. The molecule has 1 aromatic carbocycles. The number of alkyl halides is 5. The first kappa shape index (κ1) is 18.0. The minimum absolute atomic E-state index is 0.136. The molecule has 0 aliphatic rings. The second-order valence-electron chi connectivity index (χ2n) is 4.97. The van der Waals surface area contributed by atoms with Gasteiger partial charge in [0.25, 0.3) is 0 Å². The van der Waals surface area contributed by atoms with Crippen molar-refractivity contribution < 1.29 is 31.4 Å². The monoisotopic (exact) mass is 347 g/mol. The summed E-state index contributed by atoms with van der Waals surface area (Å²) < 4.78 is 79.0. The smallest absolute Gasteiger partial charge is 0.375 e. The van der Waals surface area contributed by atoms with Crippen LogP contribution in [0, 0.1) is 5.82 Å². The zero-order valence-electron chi connectivity index (χ0n) is 11.9. The molecule has 0 saturated carbocycles. The van der Waals surface area contributed by atoms with Gasteiger partial charge in [-0.25, -0.2) is 4.39 Å². The number of pyridine rings is 1. The first-order valence-corrected chi connectivity index (χ1v) is 6.60. The summed E-state index contributed by atoms with van der Waals surface area (Å²) in [5, 5.41) is 10.2. The topological polar surface area (TPSA) is 33.1 Å². The van der Waals surface area contributed by atoms with E-state index in [4.69, 9.17) is 0 Å². The molecule has 1 heterocycles. The second kappa shape index (κ2) is 6.27. The molecule has 0 aliphatic heterocycles. The summed E-state index contributed by atoms with van der Waals surface area (Å²) in [6.45, 7) is 0. The van der Waals surface area contributed by atoms with Crippen molar-refractivity contribution in [3.05, 3.63) is 71.8 Å². The Morgan fingerprint density at radius 3 is 2.08 bits per heavy atom. The van der Waals surface area contributed by atoms with Crippen LogP contribution in [0.5, 0.6) is 0 Å². The number of nitrogens with zero attached hydrogens (tertiary/aromatic N) is 1. The quantitative estimate of drug-likeness (QED) is 0.836. The van der Waals surface area contributed by atoms with E-state index in [1.165, 1.54) is 18.3 Å². The molecule has 2 nitrogen and oxygen atoms in total. The van der Waals surface area contributed by atoms with Gasteiger partial charge in [-0.05, 0) is 29.8 Å². The minimum Gasteiger partial charge on any atom is -0.375 e. The van der Waals surface area contributed by atoms with E-state index in [0.29, 0.717) is 12.3 Å². The predicted octanol–water partition coefficient (Wildman–Crippen LogP) is 4.32. The summed E-state index contributed by atoms with van der Waals surface area (Å²) in [4.78, 5) is 3.47. The fraction of sp³-hybridized carbons (Fsp3) is 0.188. The molecule has 128 valence electrons. The van der Waals surface area contributed by atoms with Gasteiger partial charge in [-0.15, -0.1) is 0 Å². The Morgan fingerprint density at radius 2 is 1.58 bits per heavy atom. The molecule has 1 unspecified atom stereocenters. The van der Waals surface area contributed by atoms with Crippen molar-refractivity contribution in [1.29, 1.82) is 0 Å². The SMILES string of the molecule is OC(/C=C/c1ccc(F)cc1)(c1cccnc1)C(F)(F)C(F)(F)F. The number of hydrogen-bond donors (Lipinski definition) is 1. The van der Waals surface area contributed by atoms with Crippen molar-refractivity contribution >= 4 is 6.08 Å². The molecule has 2 rings (SSSR count). The third kappa shape index (κ3) is 3.28. The molecule has 0 bridgehead atoms. The summed E-state index contributed by atoms with van der Waals surface area (Å²) >= 11 is 0. The number of hydrogen-bond acceptors (Lipinski definition) is 2. The van der Waals surface area contributed by atoms with E-state index in [-0.39, 0.29) is 5.56 Å². The fourth-order valence-electron chi connectivity index (χ4n) is 1.98. The third-order valence-electron chi connectivity index (χ3n) is 3.32. The molecule has 2 aromatic rings. The maximum Gasteiger partial charge on any atom is 0.457 e. The molecule has 1 N–H and O–H groups in total. The van der Waals surface area contributed by atoms with Crippen LogP contribution in [0.15, 0.2) is 54.9 Å². The van der Waals surface area contributed by atoms with E-state index in [0.717, 1.165) is 30.3 Å². The van der Waals surface area contributed by atoms with Crippen LogP contribution >= 0.6 is 0 Å². The average molecular weight is 347 g/mol. The predicted molar refractivity (Wildman–Crippen MR) is 74.6 cm³/mol. The van der Waals surface area contributed by atoms with Gasteiger partial charge in [0.15, 0.2) is 5.60 Å². The van der Waals surface area contributed by atoms with E-state index < -0.39 is 29.1 Å². The zero-order valence-corrected chi connectivity index (χ0v) is 11.9. The van der Waals surface area contributed by atoms with Crippen LogP contribution < -0.4 is 0 Å². The van der Waals surface area contributed by atoms with Crippen LogP contribution in [0.3, 0.4) is 0 Å². The Kier molecular flexibility index (Phi) is 4.70. The summed E-state index contributed by atoms with van der Waals surface area (Å²) in [5.74, 6) is -6.07. The Morgan fingerprint density at radius 1 is 0.958 bits per heavy atom. The molecule has 24 heavy (non-hydrogen) atoms. The Hall–Kier alpha value is -2.35. The van der Waals surface area contributed by atoms with Crippen LogP contribution in [-0.4, -0.2) is 22.2 Å². The molecule has 1 aromatic heterocycles. The first-order valence-electron chi connectivity index (χ1n) is 6.60. The number of aromatic nitrogens is 1. The van der Waals surface area contributed by atoms with E-state index in [1.807, 2.05) is 0 Å². The molecule has 0 fully saturated rings. The third-order valence-corrected chi connectivity index (χ3v) is 3.32. The Balaban J connectivity index is 2.53. The zero-order chi connectivity index (χ0) is 18.0. The Labute approximate surface area is 133 Å². The van der Waals surface area contributed by atoms with Crippen LogP contribution in [-0.2, 0) is 5.60 Å². The Bertz CT molecular complexity index is 712. The van der Waals surface area contributed by atoms with Gasteiger partial charge in [0, 0.05) is 18.0 Å². The molecule has 8 heteroatoms. The van der Waals surface area contributed by atoms with E-state index >= 15 is 0 Å². The normalized spacial score (nSPS) is 15.5. The van der Waals surface area contributed by atoms with Gasteiger partial charge in [0.05, 0.1) is 0 Å². The summed E-state index contributed by atoms with van der Waals surface area (Å²) in [7, 11) is 0. The lowest BCUT2D eigenvalue weighted by atomic mass is 9.86. The van der Waals surface area contributed by atoms with Crippen molar-refractivity contribution in [2.75, 3.05) is 0 Å². The van der Waals surface area contributed by atoms with Crippen LogP contribution in [0.25, 0.3) is 6.08 Å². The van der Waals surface area contributed by atoms with E-state index in [9.17, 15) is 31.4 Å². The largest absolute Gasteiger partial charge is 0.457 e. The van der Waals surface area contributed by atoms with Gasteiger partial charge < -0.3 is 5.11 Å². The van der Waals surface area contributed by atoms with Crippen LogP contribution in [0.1, 0.15) is 11.1 Å². The van der Waals surface area contributed by atoms with Gasteiger partial charge in [-0.2, -0.15) is 22.0 Å². The lowest BCUT2D eigenvalue weighted by molar-refractivity contribution is -0.334. The van der Waals surface area contributed by atoms with Gasteiger partial charge in [0.1, 0.15) is 5.82 Å². The van der Waals surface area contributed by atoms with Gasteiger partial charge in [0.2, 0.25) is 0 Å². The first-order chi connectivity index (χ1) is 11.1. The molecular weight excluding hydrogens is 336 g/mol. The molecule has 0 saturated heterocycles. The van der Waals surface area contributed by atoms with Crippen molar-refractivity contribution in [3.63, 3.8) is 0 Å². The standard InChI is InChI=1S/C16H11F6NO/c17-13-5-3-11(4-6-13)7-8-14(24,12-2-1-9-23-10-12)15(18,19)16(20,21)22/h1-10,24H/b8-7+. The van der Waals surface area contributed by atoms with Gasteiger partial charge in [-0.1, -0.05) is 24.3 Å². The summed E-state index contributed by atoms with van der Waals surface area (Å²) in [6, 6.07) is 6.37. The fourth-order valence-corrected chi connectivity index (χ4v) is 1.98. The minimum atomic E-state index is -6.00. The summed E-state index contributed by atoms with van der Waals surface area (Å²) in [6.07, 6.45) is -2.93. The number of benzene rings is 1. The summed E-state index contributed by atoms with van der Waals surface area (Å²) in [5.41, 5.74) is -4.27. The van der Waals surface area contributed by atoms with Crippen LogP contribution in [0.4, 0.5) is 26.3 Å². The van der Waals surface area contributed by atoms with Gasteiger partial charge in [-0.3, -0.25) is 4.98 Å². The highest BCUT2D eigenvalue weighted by Crippen LogP contribution is 2.49. The van der Waals surface area contributed by atoms with Crippen LogP contribution in [0.2, 0.25) is 0 Å². The number of rotatable bonds is 4. The highest BCUT2D eigenvalue weighted by Gasteiger charge is 2.69. The lowest BCUT2D eigenvalue weighted by Gasteiger charge is -2.34. The lowest BCUT2D eigenvalue weighted by Crippen LogP contribution is -2.54. The second-order valence-corrected chi connectivity index (χ2v) is 4.97. The highest BCUT2D eigenvalue weighted by atomic mass is 19.4. The number of aliphatic hydroxyl groups is 1. The molecule has 0 aliphatic carbocycles. The van der Waals surface area contributed by atoms with Crippen molar-refractivity contribution in [3.8, 4) is 0 Å². The van der Waals surface area contributed by atoms with Crippen molar-refractivity contribution in [1.82, 2.24) is 4.98 Å². The maximum absolute atomic E-state index is 13.9. The average Bonchev–Trinajstić information content (AvgIpc) is 2.53. The molecule has 1 atom stereocenters. The van der Waals surface area contributed by atoms with E-state index in [1.54, 1.807) is 0 Å². The molecule has 0 radical (unpaired) electrons. The van der Waals surface area contributed by atoms with Gasteiger partial charge >= 0.3 is 12.1 Å². The molecule has 0 spiro atoms. The van der Waals surface area contributed by atoms with Crippen molar-refractivity contribution in [2.45, 2.75) is 17.7 Å². The maximum atomic E-state index is 13.9.